The van der Waals surface area contributed by atoms with Gasteiger partial charge in [-0.1, -0.05) is 20.8 Å². The number of epoxide rings is 1. The van der Waals surface area contributed by atoms with Crippen molar-refractivity contribution in [1.29, 1.82) is 0 Å². The van der Waals surface area contributed by atoms with E-state index in [1.807, 2.05) is 0 Å². The molecular formula is C12H24N2O. The molecule has 0 amide bonds. The van der Waals surface area contributed by atoms with Crippen LogP contribution in [0.3, 0.4) is 0 Å². The molecule has 0 aromatic carbocycles. The van der Waals surface area contributed by atoms with Crippen LogP contribution in [0.25, 0.3) is 0 Å². The second-order valence-corrected chi connectivity index (χ2v) is 6.25. The van der Waals surface area contributed by atoms with Gasteiger partial charge < -0.3 is 4.74 Å². The summed E-state index contributed by atoms with van der Waals surface area (Å²) in [5, 5.41) is 3.57. The van der Waals surface area contributed by atoms with Gasteiger partial charge in [-0.25, -0.2) is 0 Å². The van der Waals surface area contributed by atoms with Crippen molar-refractivity contribution >= 4 is 0 Å². The highest BCUT2D eigenvalue weighted by Crippen LogP contribution is 2.37. The fourth-order valence-electron chi connectivity index (χ4n) is 2.17. The monoisotopic (exact) mass is 212 g/mol. The maximum atomic E-state index is 5.65. The largest absolute Gasteiger partial charge is 0.353 e. The van der Waals surface area contributed by atoms with Crippen LogP contribution in [0.5, 0.6) is 0 Å². The number of ether oxygens (including phenoxy) is 1. The molecule has 2 heterocycles. The molecule has 0 bridgehead atoms. The third-order valence-electron chi connectivity index (χ3n) is 3.39. The SMILES string of the molecule is CC(C)N1CC(NC2OC2C(C)(C)C)C1. The van der Waals surface area contributed by atoms with Gasteiger partial charge in [0, 0.05) is 25.2 Å². The number of hydrogen-bond donors (Lipinski definition) is 1. The topological polar surface area (TPSA) is 27.8 Å². The number of likely N-dealkylation sites (tertiary alicyclic amines) is 1. The lowest BCUT2D eigenvalue weighted by atomic mass is 9.91. The summed E-state index contributed by atoms with van der Waals surface area (Å²) in [6.45, 7) is 13.6. The lowest BCUT2D eigenvalue weighted by molar-refractivity contribution is 0.0842. The highest BCUT2D eigenvalue weighted by atomic mass is 16.6. The van der Waals surface area contributed by atoms with E-state index in [1.54, 1.807) is 0 Å². The number of hydrogen-bond acceptors (Lipinski definition) is 3. The fourth-order valence-corrected chi connectivity index (χ4v) is 2.17. The van der Waals surface area contributed by atoms with E-state index in [4.69, 9.17) is 4.74 Å². The smallest absolute Gasteiger partial charge is 0.136 e. The normalized spacial score (nSPS) is 33.2. The van der Waals surface area contributed by atoms with Crippen molar-refractivity contribution in [2.45, 2.75) is 59.0 Å². The Kier molecular flexibility index (Phi) is 2.82. The Balaban J connectivity index is 1.66. The Morgan fingerprint density at radius 1 is 1.27 bits per heavy atom. The first kappa shape index (κ1) is 11.4. The zero-order chi connectivity index (χ0) is 11.2. The van der Waals surface area contributed by atoms with E-state index in [0.717, 1.165) is 0 Å². The van der Waals surface area contributed by atoms with E-state index < -0.39 is 0 Å². The molecule has 0 radical (unpaired) electrons. The van der Waals surface area contributed by atoms with Crippen LogP contribution in [-0.4, -0.2) is 42.4 Å². The van der Waals surface area contributed by atoms with Gasteiger partial charge in [0.1, 0.15) is 12.3 Å². The minimum absolute atomic E-state index is 0.277. The summed E-state index contributed by atoms with van der Waals surface area (Å²) in [5.74, 6) is 0. The van der Waals surface area contributed by atoms with E-state index >= 15 is 0 Å². The molecule has 1 N–H and O–H groups in total. The first-order valence-electron chi connectivity index (χ1n) is 6.03. The van der Waals surface area contributed by atoms with Crippen LogP contribution in [0.1, 0.15) is 34.6 Å². The van der Waals surface area contributed by atoms with Crippen LogP contribution < -0.4 is 5.32 Å². The molecule has 0 spiro atoms. The summed E-state index contributed by atoms with van der Waals surface area (Å²) in [6.07, 6.45) is 0.718. The van der Waals surface area contributed by atoms with Gasteiger partial charge in [-0.2, -0.15) is 0 Å². The van der Waals surface area contributed by atoms with Crippen LogP contribution in [0.2, 0.25) is 0 Å². The maximum Gasteiger partial charge on any atom is 0.136 e. The van der Waals surface area contributed by atoms with Crippen LogP contribution in [0.4, 0.5) is 0 Å². The lowest BCUT2D eigenvalue weighted by Crippen LogP contribution is -2.60. The van der Waals surface area contributed by atoms with Crippen molar-refractivity contribution in [2.24, 2.45) is 5.41 Å². The molecule has 3 heteroatoms. The maximum absolute atomic E-state index is 5.65. The minimum Gasteiger partial charge on any atom is -0.353 e. The molecule has 2 aliphatic heterocycles. The van der Waals surface area contributed by atoms with E-state index in [9.17, 15) is 0 Å². The van der Waals surface area contributed by atoms with Crippen LogP contribution >= 0.6 is 0 Å². The summed E-state index contributed by atoms with van der Waals surface area (Å²) in [7, 11) is 0. The quantitative estimate of drug-likeness (QED) is 0.717. The predicted octanol–water partition coefficient (Wildman–Crippen LogP) is 1.44. The van der Waals surface area contributed by atoms with Crippen molar-refractivity contribution < 1.29 is 4.74 Å². The van der Waals surface area contributed by atoms with E-state index in [-0.39, 0.29) is 5.41 Å². The summed E-state index contributed by atoms with van der Waals surface area (Å²) < 4.78 is 5.65. The molecule has 2 atom stereocenters. The molecule has 0 aliphatic carbocycles. The van der Waals surface area contributed by atoms with Gasteiger partial charge in [0.15, 0.2) is 0 Å². The van der Waals surface area contributed by atoms with Gasteiger partial charge >= 0.3 is 0 Å². The average molecular weight is 212 g/mol. The number of nitrogens with one attached hydrogen (secondary N) is 1. The Morgan fingerprint density at radius 2 is 1.87 bits per heavy atom. The van der Waals surface area contributed by atoms with Gasteiger partial charge in [0.25, 0.3) is 0 Å². The number of rotatable bonds is 3. The summed E-state index contributed by atoms with van der Waals surface area (Å²) >= 11 is 0. The fraction of sp³-hybridized carbons (Fsp3) is 1.00. The predicted molar refractivity (Wildman–Crippen MR) is 61.7 cm³/mol. The zero-order valence-electron chi connectivity index (χ0n) is 10.6. The second kappa shape index (κ2) is 3.72. The van der Waals surface area contributed by atoms with Gasteiger partial charge in [-0.15, -0.1) is 0 Å². The van der Waals surface area contributed by atoms with Gasteiger partial charge in [0.2, 0.25) is 0 Å². The molecule has 2 rings (SSSR count). The lowest BCUT2D eigenvalue weighted by Gasteiger charge is -2.42. The molecule has 2 fully saturated rings. The molecule has 0 saturated carbocycles. The van der Waals surface area contributed by atoms with E-state index in [1.165, 1.54) is 13.1 Å². The summed E-state index contributed by atoms with van der Waals surface area (Å²) in [4.78, 5) is 2.48. The van der Waals surface area contributed by atoms with Crippen molar-refractivity contribution in [3.8, 4) is 0 Å². The van der Waals surface area contributed by atoms with E-state index in [0.29, 0.717) is 24.4 Å². The molecular weight excluding hydrogens is 188 g/mol. The molecule has 2 saturated heterocycles. The van der Waals surface area contributed by atoms with Crippen LogP contribution in [0.15, 0.2) is 0 Å². The van der Waals surface area contributed by atoms with Gasteiger partial charge in [0.05, 0.1) is 0 Å². The van der Waals surface area contributed by atoms with Crippen molar-refractivity contribution in [3.05, 3.63) is 0 Å². The Morgan fingerprint density at radius 3 is 2.27 bits per heavy atom. The van der Waals surface area contributed by atoms with Crippen molar-refractivity contribution in [1.82, 2.24) is 10.2 Å². The van der Waals surface area contributed by atoms with Crippen molar-refractivity contribution in [3.63, 3.8) is 0 Å². The summed E-state index contributed by atoms with van der Waals surface area (Å²) in [6, 6.07) is 1.33. The van der Waals surface area contributed by atoms with Crippen LogP contribution in [-0.2, 0) is 4.74 Å². The van der Waals surface area contributed by atoms with Gasteiger partial charge in [-0.3, -0.25) is 10.2 Å². The molecule has 3 nitrogen and oxygen atoms in total. The highest BCUT2D eigenvalue weighted by molar-refractivity contribution is 4.97. The highest BCUT2D eigenvalue weighted by Gasteiger charge is 2.48. The zero-order valence-corrected chi connectivity index (χ0v) is 10.6. The standard InChI is InChI=1S/C12H24N2O/c1-8(2)14-6-9(7-14)13-11-10(15-11)12(3,4)5/h8-11,13H,6-7H2,1-5H3. The Labute approximate surface area is 93.2 Å². The third kappa shape index (κ3) is 2.52. The molecule has 2 unspecified atom stereocenters. The molecule has 0 aromatic rings. The first-order chi connectivity index (χ1) is 6.88. The molecule has 15 heavy (non-hydrogen) atoms. The molecule has 2 aliphatic rings. The third-order valence-corrected chi connectivity index (χ3v) is 3.39. The van der Waals surface area contributed by atoms with Crippen LogP contribution in [0, 0.1) is 5.41 Å². The Hall–Kier alpha value is -0.120. The average Bonchev–Trinajstić information content (AvgIpc) is 2.72. The molecule has 88 valence electrons. The summed E-state index contributed by atoms with van der Waals surface area (Å²) in [5.41, 5.74) is 0.277. The Bertz CT molecular complexity index is 228. The van der Waals surface area contributed by atoms with E-state index in [2.05, 4.69) is 44.8 Å². The molecule has 0 aromatic heterocycles. The minimum atomic E-state index is 0.277. The number of nitrogens with zero attached hydrogens (tertiary/aromatic N) is 1. The second-order valence-electron chi connectivity index (χ2n) is 6.25. The first-order valence-corrected chi connectivity index (χ1v) is 6.03. The van der Waals surface area contributed by atoms with Gasteiger partial charge in [-0.05, 0) is 19.3 Å². The van der Waals surface area contributed by atoms with Crippen molar-refractivity contribution in [2.75, 3.05) is 13.1 Å².